The fourth-order valence-electron chi connectivity index (χ4n) is 5.66. The SMILES string of the molecule is COc1ccc(CN2CCC[C@]3(N[C@H](c4ccccc4)[C@@H]4C(=O)N(C)C(=O)[C@@H]43)C2=O)cc1.O=C(O)C(F)(F)F. The Balaban J connectivity index is 0.000000448. The van der Waals surface area contributed by atoms with Crippen molar-refractivity contribution >= 4 is 23.7 Å². The summed E-state index contributed by atoms with van der Waals surface area (Å²) >= 11 is 0. The number of benzene rings is 2. The largest absolute Gasteiger partial charge is 0.497 e. The van der Waals surface area contributed by atoms with Gasteiger partial charge < -0.3 is 14.7 Å². The molecule has 0 unspecified atom stereocenters. The topological polar surface area (TPSA) is 116 Å². The molecule has 0 bridgehead atoms. The van der Waals surface area contributed by atoms with Crippen molar-refractivity contribution in [2.24, 2.45) is 11.8 Å². The van der Waals surface area contributed by atoms with Crippen molar-refractivity contribution in [3.8, 4) is 5.75 Å². The number of alkyl halides is 3. The number of carboxylic acids is 1. The zero-order valence-corrected chi connectivity index (χ0v) is 21.3. The molecule has 0 aliphatic carbocycles. The van der Waals surface area contributed by atoms with E-state index in [0.717, 1.165) is 23.3 Å². The lowest BCUT2D eigenvalue weighted by atomic mass is 9.74. The number of amides is 3. The van der Waals surface area contributed by atoms with Gasteiger partial charge >= 0.3 is 12.1 Å². The summed E-state index contributed by atoms with van der Waals surface area (Å²) in [6, 6.07) is 16.9. The summed E-state index contributed by atoms with van der Waals surface area (Å²) in [5.41, 5.74) is 0.861. The number of fused-ring (bicyclic) bond motifs is 2. The van der Waals surface area contributed by atoms with E-state index in [4.69, 9.17) is 14.6 Å². The molecule has 2 aromatic carbocycles. The van der Waals surface area contributed by atoms with Gasteiger partial charge in [-0.2, -0.15) is 13.2 Å². The molecule has 3 heterocycles. The van der Waals surface area contributed by atoms with Crippen LogP contribution in [0.3, 0.4) is 0 Å². The molecule has 208 valence electrons. The minimum Gasteiger partial charge on any atom is -0.497 e. The van der Waals surface area contributed by atoms with E-state index in [9.17, 15) is 27.6 Å². The van der Waals surface area contributed by atoms with Crippen molar-refractivity contribution in [1.29, 1.82) is 0 Å². The number of nitrogens with zero attached hydrogens (tertiary/aromatic N) is 2. The summed E-state index contributed by atoms with van der Waals surface area (Å²) in [6.45, 7) is 1.08. The second-order valence-electron chi connectivity index (χ2n) is 9.72. The van der Waals surface area contributed by atoms with Gasteiger partial charge in [-0.1, -0.05) is 42.5 Å². The Morgan fingerprint density at radius 1 is 1.08 bits per heavy atom. The number of methoxy groups -OCH3 is 1. The van der Waals surface area contributed by atoms with Crippen molar-refractivity contribution in [2.45, 2.75) is 37.1 Å². The Morgan fingerprint density at radius 2 is 1.69 bits per heavy atom. The Morgan fingerprint density at radius 3 is 2.26 bits per heavy atom. The van der Waals surface area contributed by atoms with Crippen molar-refractivity contribution < 1.29 is 42.2 Å². The van der Waals surface area contributed by atoms with Crippen LogP contribution in [0.2, 0.25) is 0 Å². The normalized spacial score (nSPS) is 26.4. The number of halogens is 3. The number of imide groups is 1. The molecule has 2 aromatic rings. The van der Waals surface area contributed by atoms with E-state index >= 15 is 0 Å². The molecule has 3 aliphatic heterocycles. The first kappa shape index (κ1) is 28.1. The summed E-state index contributed by atoms with van der Waals surface area (Å²) in [4.78, 5) is 52.1. The van der Waals surface area contributed by atoms with Crippen LogP contribution in [0.5, 0.6) is 5.75 Å². The van der Waals surface area contributed by atoms with Gasteiger partial charge in [0.2, 0.25) is 17.7 Å². The molecule has 0 aromatic heterocycles. The van der Waals surface area contributed by atoms with Crippen molar-refractivity contribution in [3.63, 3.8) is 0 Å². The number of hydrogen-bond donors (Lipinski definition) is 2. The van der Waals surface area contributed by atoms with Gasteiger partial charge in [0.25, 0.3) is 0 Å². The summed E-state index contributed by atoms with van der Waals surface area (Å²) in [5, 5.41) is 10.6. The number of piperidine rings is 1. The lowest BCUT2D eigenvalue weighted by molar-refractivity contribution is -0.192. The first-order chi connectivity index (χ1) is 18.4. The summed E-state index contributed by atoms with van der Waals surface area (Å²) < 4.78 is 37.0. The second kappa shape index (κ2) is 10.7. The molecular weight excluding hydrogens is 519 g/mol. The maximum Gasteiger partial charge on any atom is 0.490 e. The molecule has 0 radical (unpaired) electrons. The molecule has 3 amide bonds. The van der Waals surface area contributed by atoms with Gasteiger partial charge in [-0.25, -0.2) is 4.79 Å². The molecule has 3 fully saturated rings. The minimum atomic E-state index is -5.08. The predicted octanol–water partition coefficient (Wildman–Crippen LogP) is 2.77. The molecule has 39 heavy (non-hydrogen) atoms. The molecule has 0 saturated carbocycles. The van der Waals surface area contributed by atoms with E-state index in [1.54, 1.807) is 7.11 Å². The molecule has 12 heteroatoms. The van der Waals surface area contributed by atoms with Crippen LogP contribution in [0.15, 0.2) is 54.6 Å². The number of carbonyl (C=O) groups excluding carboxylic acids is 3. The van der Waals surface area contributed by atoms with Gasteiger partial charge in [0.15, 0.2) is 0 Å². The lowest BCUT2D eigenvalue weighted by Crippen LogP contribution is -2.63. The van der Waals surface area contributed by atoms with Gasteiger partial charge in [0, 0.05) is 26.2 Å². The van der Waals surface area contributed by atoms with E-state index in [0.29, 0.717) is 19.5 Å². The Labute approximate surface area is 222 Å². The number of aliphatic carboxylic acids is 1. The van der Waals surface area contributed by atoms with Crippen LogP contribution in [0.1, 0.15) is 30.0 Å². The third-order valence-electron chi connectivity index (χ3n) is 7.48. The third kappa shape index (κ3) is 5.20. The highest BCUT2D eigenvalue weighted by molar-refractivity contribution is 6.10. The smallest absolute Gasteiger partial charge is 0.490 e. The van der Waals surface area contributed by atoms with Crippen LogP contribution in [-0.4, -0.2) is 71.0 Å². The van der Waals surface area contributed by atoms with E-state index in [2.05, 4.69) is 5.32 Å². The zero-order valence-electron chi connectivity index (χ0n) is 21.3. The number of nitrogens with one attached hydrogen (secondary N) is 1. The fourth-order valence-corrected chi connectivity index (χ4v) is 5.66. The van der Waals surface area contributed by atoms with Crippen LogP contribution < -0.4 is 10.1 Å². The first-order valence-corrected chi connectivity index (χ1v) is 12.3. The molecule has 2 N–H and O–H groups in total. The van der Waals surface area contributed by atoms with E-state index in [-0.39, 0.29) is 23.8 Å². The average molecular weight is 548 g/mol. The fraction of sp³-hybridized carbons (Fsp3) is 0.407. The summed E-state index contributed by atoms with van der Waals surface area (Å²) in [6.07, 6.45) is -3.77. The highest BCUT2D eigenvalue weighted by atomic mass is 19.4. The monoisotopic (exact) mass is 547 g/mol. The lowest BCUT2D eigenvalue weighted by Gasteiger charge is -2.42. The Kier molecular flexibility index (Phi) is 7.69. The predicted molar refractivity (Wildman–Crippen MR) is 131 cm³/mol. The van der Waals surface area contributed by atoms with Crippen molar-refractivity contribution in [3.05, 3.63) is 65.7 Å². The number of carboxylic acid groups (broad SMARTS) is 1. The highest BCUT2D eigenvalue weighted by Gasteiger charge is 2.68. The number of rotatable bonds is 4. The first-order valence-electron chi connectivity index (χ1n) is 12.3. The molecule has 4 atom stereocenters. The number of hydrogen-bond acceptors (Lipinski definition) is 6. The zero-order chi connectivity index (χ0) is 28.5. The molecule has 1 spiro atoms. The van der Waals surface area contributed by atoms with Gasteiger partial charge in [-0.3, -0.25) is 24.6 Å². The van der Waals surface area contributed by atoms with E-state index in [1.807, 2.05) is 59.5 Å². The molecule has 9 nitrogen and oxygen atoms in total. The maximum atomic E-state index is 13.9. The van der Waals surface area contributed by atoms with Gasteiger partial charge in [0.1, 0.15) is 11.3 Å². The highest BCUT2D eigenvalue weighted by Crippen LogP contribution is 2.51. The van der Waals surface area contributed by atoms with Crippen LogP contribution >= 0.6 is 0 Å². The van der Waals surface area contributed by atoms with Gasteiger partial charge in [0.05, 0.1) is 18.9 Å². The van der Waals surface area contributed by atoms with Gasteiger partial charge in [-0.05, 0) is 36.1 Å². The van der Waals surface area contributed by atoms with Crippen LogP contribution in [0, 0.1) is 11.8 Å². The van der Waals surface area contributed by atoms with Crippen molar-refractivity contribution in [2.75, 3.05) is 20.7 Å². The van der Waals surface area contributed by atoms with Gasteiger partial charge in [-0.15, -0.1) is 0 Å². The average Bonchev–Trinajstić information content (AvgIpc) is 3.37. The van der Waals surface area contributed by atoms with E-state index in [1.165, 1.54) is 11.9 Å². The maximum absolute atomic E-state index is 13.9. The standard InChI is InChI=1S/C25H27N3O4.C2HF3O2/c1-27-22(29)19-20(23(27)30)25(26-21(19)17-7-4-3-5-8-17)13-6-14-28(24(25)31)15-16-9-11-18(32-2)12-10-16;3-2(4,5)1(6)7/h3-5,7-12,19-21,26H,6,13-15H2,1-2H3;(H,6,7)/t19-,20-,21-,25-;/m1./s1. The number of carbonyl (C=O) groups is 4. The molecule has 5 rings (SSSR count). The van der Waals surface area contributed by atoms with Crippen LogP contribution in [0.25, 0.3) is 0 Å². The second-order valence-corrected chi connectivity index (χ2v) is 9.72. The Bertz CT molecular complexity index is 1250. The molecular formula is C27H28F3N3O6. The van der Waals surface area contributed by atoms with E-state index < -0.39 is 29.5 Å². The van der Waals surface area contributed by atoms with Crippen LogP contribution in [-0.2, 0) is 25.7 Å². The number of likely N-dealkylation sites (tertiary alicyclic amines) is 2. The third-order valence-corrected chi connectivity index (χ3v) is 7.48. The Hall–Kier alpha value is -3.93. The quantitative estimate of drug-likeness (QED) is 0.566. The summed E-state index contributed by atoms with van der Waals surface area (Å²) in [5.74, 6) is -3.81. The number of ether oxygens (including phenoxy) is 1. The van der Waals surface area contributed by atoms with Crippen LogP contribution in [0.4, 0.5) is 13.2 Å². The summed E-state index contributed by atoms with van der Waals surface area (Å²) in [7, 11) is 3.15. The molecule has 3 aliphatic rings. The van der Waals surface area contributed by atoms with Crippen molar-refractivity contribution in [1.82, 2.24) is 15.1 Å². The molecule has 3 saturated heterocycles. The minimum absolute atomic E-state index is 0.0931.